The molecule has 4 nitrogen and oxygen atoms in total. The van der Waals surface area contributed by atoms with Gasteiger partial charge in [0.15, 0.2) is 15.0 Å². The second kappa shape index (κ2) is 8.44. The Kier molecular flexibility index (Phi) is 6.06. The number of rotatable bonds is 4. The Balaban J connectivity index is 1.49. The van der Waals surface area contributed by atoms with E-state index in [1.54, 1.807) is 11.3 Å². The number of piperidine rings is 1. The summed E-state index contributed by atoms with van der Waals surface area (Å²) < 4.78 is 27.8. The number of anilines is 1. The average molecular weight is 506 g/mol. The summed E-state index contributed by atoms with van der Waals surface area (Å²) in [6, 6.07) is 12.0. The quantitative estimate of drug-likeness (QED) is 0.440. The molecule has 0 spiro atoms. The van der Waals surface area contributed by atoms with Gasteiger partial charge in [0.25, 0.3) is 0 Å². The number of nitrogens with zero attached hydrogens (tertiary/aromatic N) is 2. The minimum Gasteiger partial charge on any atom is -0.348 e. The van der Waals surface area contributed by atoms with Crippen LogP contribution in [0.1, 0.15) is 29.5 Å². The maximum absolute atomic E-state index is 13.4. The largest absolute Gasteiger partial charge is 0.348 e. The highest BCUT2D eigenvalue weighted by molar-refractivity contribution is 9.10. The summed E-state index contributed by atoms with van der Waals surface area (Å²) in [4.78, 5) is 7.54. The van der Waals surface area contributed by atoms with Gasteiger partial charge in [0, 0.05) is 28.5 Å². The van der Waals surface area contributed by atoms with Crippen LogP contribution in [0.4, 0.5) is 5.13 Å². The average Bonchev–Trinajstić information content (AvgIpc) is 3.17. The van der Waals surface area contributed by atoms with Crippen molar-refractivity contribution in [3.05, 3.63) is 62.9 Å². The van der Waals surface area contributed by atoms with Crippen molar-refractivity contribution >= 4 is 42.2 Å². The molecule has 0 unspecified atom stereocenters. The van der Waals surface area contributed by atoms with Crippen molar-refractivity contribution in [1.29, 1.82) is 0 Å². The third-order valence-corrected chi connectivity index (χ3v) is 9.61. The molecule has 1 aliphatic heterocycles. The van der Waals surface area contributed by atoms with E-state index in [1.165, 1.54) is 0 Å². The van der Waals surface area contributed by atoms with Crippen LogP contribution in [0, 0.1) is 20.8 Å². The first kappa shape index (κ1) is 21.5. The van der Waals surface area contributed by atoms with Gasteiger partial charge in [0.1, 0.15) is 0 Å². The molecule has 0 atom stereocenters. The zero-order valence-corrected chi connectivity index (χ0v) is 20.6. The Morgan fingerprint density at radius 2 is 1.73 bits per heavy atom. The maximum atomic E-state index is 13.4. The first-order valence-corrected chi connectivity index (χ1v) is 13.3. The highest BCUT2D eigenvalue weighted by atomic mass is 79.9. The number of hydrogen-bond donors (Lipinski definition) is 0. The van der Waals surface area contributed by atoms with Gasteiger partial charge in [-0.15, -0.1) is 11.3 Å². The monoisotopic (exact) mass is 504 g/mol. The lowest BCUT2D eigenvalue weighted by Crippen LogP contribution is -2.39. The molecule has 158 valence electrons. The zero-order valence-electron chi connectivity index (χ0n) is 17.4. The molecule has 1 aromatic heterocycles. The standard InChI is InChI=1S/C23H25BrN2O2S2/c1-15-11-16(2)22(17(3)12-15)30(27,28)20-7-9-26(10-8-20)23-25-21(14-29-23)18-5-4-6-19(24)13-18/h4-6,11-14,20H,7-10H2,1-3H3. The smallest absolute Gasteiger partial charge is 0.185 e. The molecule has 0 bridgehead atoms. The van der Waals surface area contributed by atoms with E-state index in [4.69, 9.17) is 4.98 Å². The predicted molar refractivity (Wildman–Crippen MR) is 128 cm³/mol. The number of hydrogen-bond acceptors (Lipinski definition) is 5. The summed E-state index contributed by atoms with van der Waals surface area (Å²) in [5.74, 6) is 0. The highest BCUT2D eigenvalue weighted by Crippen LogP contribution is 2.34. The number of sulfone groups is 1. The Labute approximate surface area is 191 Å². The molecule has 0 radical (unpaired) electrons. The highest BCUT2D eigenvalue weighted by Gasteiger charge is 2.34. The van der Waals surface area contributed by atoms with Gasteiger partial charge in [-0.25, -0.2) is 13.4 Å². The SMILES string of the molecule is Cc1cc(C)c(S(=O)(=O)C2CCN(c3nc(-c4cccc(Br)c4)cs3)CC2)c(C)c1. The lowest BCUT2D eigenvalue weighted by molar-refractivity contribution is 0.528. The number of aryl methyl sites for hydroxylation is 3. The van der Waals surface area contributed by atoms with Crippen molar-refractivity contribution in [3.8, 4) is 11.3 Å². The Morgan fingerprint density at radius 1 is 1.07 bits per heavy atom. The number of benzene rings is 2. The first-order chi connectivity index (χ1) is 14.3. The molecule has 1 saturated heterocycles. The topological polar surface area (TPSA) is 50.3 Å². The van der Waals surface area contributed by atoms with Gasteiger partial charge in [0.05, 0.1) is 15.8 Å². The second-order valence-corrected chi connectivity index (χ2v) is 11.9. The van der Waals surface area contributed by atoms with E-state index in [-0.39, 0.29) is 5.25 Å². The minimum atomic E-state index is -3.34. The number of aromatic nitrogens is 1. The zero-order chi connectivity index (χ0) is 21.5. The summed E-state index contributed by atoms with van der Waals surface area (Å²) in [5.41, 5.74) is 4.84. The van der Waals surface area contributed by atoms with Crippen molar-refractivity contribution in [3.63, 3.8) is 0 Å². The Bertz CT molecular complexity index is 1160. The molecule has 0 amide bonds. The predicted octanol–water partition coefficient (Wildman–Crippen LogP) is 5.94. The van der Waals surface area contributed by atoms with E-state index in [2.05, 4.69) is 38.3 Å². The van der Waals surface area contributed by atoms with Crippen LogP contribution in [0.2, 0.25) is 0 Å². The van der Waals surface area contributed by atoms with Crippen LogP contribution in [-0.4, -0.2) is 31.7 Å². The lowest BCUT2D eigenvalue weighted by Gasteiger charge is -2.32. The molecule has 3 aromatic rings. The van der Waals surface area contributed by atoms with Crippen LogP contribution in [0.5, 0.6) is 0 Å². The van der Waals surface area contributed by atoms with Gasteiger partial charge in [-0.1, -0.05) is 45.8 Å². The second-order valence-electron chi connectivity index (χ2n) is 7.98. The van der Waals surface area contributed by atoms with E-state index in [1.807, 2.05) is 45.0 Å². The van der Waals surface area contributed by atoms with Crippen molar-refractivity contribution < 1.29 is 8.42 Å². The van der Waals surface area contributed by atoms with Gasteiger partial charge < -0.3 is 4.90 Å². The van der Waals surface area contributed by atoms with Crippen LogP contribution < -0.4 is 4.90 Å². The molecule has 1 aliphatic rings. The minimum absolute atomic E-state index is 0.335. The molecule has 0 aliphatic carbocycles. The van der Waals surface area contributed by atoms with E-state index in [0.29, 0.717) is 30.8 Å². The van der Waals surface area contributed by atoms with Crippen molar-refractivity contribution in [2.24, 2.45) is 0 Å². The van der Waals surface area contributed by atoms with Crippen molar-refractivity contribution in [1.82, 2.24) is 4.98 Å². The molecular formula is C23H25BrN2O2S2. The fourth-order valence-corrected chi connectivity index (χ4v) is 7.80. The van der Waals surface area contributed by atoms with Gasteiger partial charge in [-0.3, -0.25) is 0 Å². The molecule has 0 N–H and O–H groups in total. The summed E-state index contributed by atoms with van der Waals surface area (Å²) in [6.07, 6.45) is 1.25. The van der Waals surface area contributed by atoms with Gasteiger partial charge >= 0.3 is 0 Å². The van der Waals surface area contributed by atoms with Crippen molar-refractivity contribution in [2.45, 2.75) is 43.8 Å². The van der Waals surface area contributed by atoms with Gasteiger partial charge in [0.2, 0.25) is 0 Å². The van der Waals surface area contributed by atoms with Crippen LogP contribution >= 0.6 is 27.3 Å². The molecule has 2 heterocycles. The molecule has 1 fully saturated rings. The fourth-order valence-electron chi connectivity index (χ4n) is 4.33. The van der Waals surface area contributed by atoms with E-state index >= 15 is 0 Å². The van der Waals surface area contributed by atoms with Crippen LogP contribution in [0.15, 0.2) is 51.1 Å². The Hall–Kier alpha value is -1.70. The fraction of sp³-hybridized carbons (Fsp3) is 0.348. The molecule has 2 aromatic carbocycles. The molecule has 30 heavy (non-hydrogen) atoms. The lowest BCUT2D eigenvalue weighted by atomic mass is 10.1. The third kappa shape index (κ3) is 4.20. The number of halogens is 1. The van der Waals surface area contributed by atoms with E-state index in [0.717, 1.165) is 37.6 Å². The normalized spacial score (nSPS) is 15.5. The number of thiazole rings is 1. The summed E-state index contributed by atoms with van der Waals surface area (Å²) in [6.45, 7) is 7.23. The van der Waals surface area contributed by atoms with Crippen LogP contribution in [0.25, 0.3) is 11.3 Å². The van der Waals surface area contributed by atoms with Crippen molar-refractivity contribution in [2.75, 3.05) is 18.0 Å². The summed E-state index contributed by atoms with van der Waals surface area (Å²) in [5, 5.41) is 2.70. The molecule has 4 rings (SSSR count). The summed E-state index contributed by atoms with van der Waals surface area (Å²) >= 11 is 5.13. The maximum Gasteiger partial charge on any atom is 0.185 e. The van der Waals surface area contributed by atoms with E-state index < -0.39 is 9.84 Å². The molecular weight excluding hydrogens is 480 g/mol. The van der Waals surface area contributed by atoms with Gasteiger partial charge in [-0.2, -0.15) is 0 Å². The third-order valence-electron chi connectivity index (χ3n) is 5.65. The molecule has 0 saturated carbocycles. The molecule has 7 heteroatoms. The van der Waals surface area contributed by atoms with Crippen LogP contribution in [-0.2, 0) is 9.84 Å². The Morgan fingerprint density at radius 3 is 2.37 bits per heavy atom. The summed E-state index contributed by atoms with van der Waals surface area (Å²) in [7, 11) is -3.34. The first-order valence-electron chi connectivity index (χ1n) is 10.0. The van der Waals surface area contributed by atoms with E-state index in [9.17, 15) is 8.42 Å². The van der Waals surface area contributed by atoms with Crippen LogP contribution in [0.3, 0.4) is 0 Å². The van der Waals surface area contributed by atoms with Gasteiger partial charge in [-0.05, 0) is 56.9 Å².